The van der Waals surface area contributed by atoms with Gasteiger partial charge in [-0.2, -0.15) is 0 Å². The Bertz CT molecular complexity index is 633. The lowest BCUT2D eigenvalue weighted by atomic mass is 10.2. The van der Waals surface area contributed by atoms with Crippen LogP contribution < -0.4 is 4.74 Å². The Morgan fingerprint density at radius 1 is 0.895 bits per heavy atom. The molecule has 2 aromatic rings. The monoisotopic (exact) mass is 257 g/mol. The summed E-state index contributed by atoms with van der Waals surface area (Å²) in [5.74, 6) is -2.65. The zero-order valence-corrected chi connectivity index (χ0v) is 9.70. The van der Waals surface area contributed by atoms with E-state index in [0.29, 0.717) is 0 Å². The number of ether oxygens (including phenoxy) is 1. The molecule has 2 aromatic carbocycles. The van der Waals surface area contributed by atoms with Crippen molar-refractivity contribution in [2.45, 2.75) is 0 Å². The van der Waals surface area contributed by atoms with Crippen molar-refractivity contribution in [2.24, 2.45) is 0 Å². The summed E-state index contributed by atoms with van der Waals surface area (Å²) in [5, 5.41) is 20.4. The molecule has 2 rings (SSSR count). The second kappa shape index (κ2) is 5.22. The normalized spacial score (nSPS) is 9.89. The number of carbonyl (C=O) groups is 2. The third-order valence-electron chi connectivity index (χ3n) is 2.43. The molecule has 0 aliphatic heterocycles. The first-order valence-electron chi connectivity index (χ1n) is 5.40. The quantitative estimate of drug-likeness (QED) is 0.676. The standard InChI is InChI=1S/C14H9O5/c15-11-7-3-1-5-9(11)14(18)19-12-8-4-2-6-10(12)13(16)17/h1-8H,(H,16,17). The van der Waals surface area contributed by atoms with E-state index in [1.165, 1.54) is 48.5 Å². The Labute approximate surface area is 108 Å². The average Bonchev–Trinajstić information content (AvgIpc) is 2.39. The van der Waals surface area contributed by atoms with Gasteiger partial charge in [0, 0.05) is 0 Å². The number of rotatable bonds is 3. The van der Waals surface area contributed by atoms with E-state index in [2.05, 4.69) is 0 Å². The summed E-state index contributed by atoms with van der Waals surface area (Å²) in [6.07, 6.45) is 0. The van der Waals surface area contributed by atoms with Crippen LogP contribution >= 0.6 is 0 Å². The summed E-state index contributed by atoms with van der Waals surface area (Å²) >= 11 is 0. The Morgan fingerprint density at radius 3 is 2.11 bits per heavy atom. The van der Waals surface area contributed by atoms with Crippen molar-refractivity contribution in [3.8, 4) is 11.5 Å². The van der Waals surface area contributed by atoms with Crippen LogP contribution in [0.4, 0.5) is 0 Å². The first kappa shape index (κ1) is 12.6. The molecule has 0 bridgehead atoms. The minimum Gasteiger partial charge on any atom is -0.478 e. The summed E-state index contributed by atoms with van der Waals surface area (Å²) < 4.78 is 4.95. The molecule has 0 aromatic heterocycles. The summed E-state index contributed by atoms with van der Waals surface area (Å²) in [4.78, 5) is 22.7. The predicted octanol–water partition coefficient (Wildman–Crippen LogP) is 2.75. The number of hydrogen-bond acceptors (Lipinski definition) is 3. The maximum Gasteiger partial charge on any atom is 0.347 e. The van der Waals surface area contributed by atoms with E-state index in [0.717, 1.165) is 0 Å². The molecule has 0 amide bonds. The fraction of sp³-hybridized carbons (Fsp3) is 0. The lowest BCUT2D eigenvalue weighted by molar-refractivity contribution is 0.0680. The summed E-state index contributed by atoms with van der Waals surface area (Å²) in [5.41, 5.74) is -0.276. The Kier molecular flexibility index (Phi) is 3.47. The highest BCUT2D eigenvalue weighted by Gasteiger charge is 2.17. The van der Waals surface area contributed by atoms with E-state index in [-0.39, 0.29) is 16.9 Å². The van der Waals surface area contributed by atoms with Crippen LogP contribution in [0.15, 0.2) is 48.5 Å². The van der Waals surface area contributed by atoms with E-state index < -0.39 is 17.7 Å². The molecule has 0 fully saturated rings. The molecule has 0 saturated carbocycles. The molecule has 1 radical (unpaired) electrons. The van der Waals surface area contributed by atoms with Crippen molar-refractivity contribution >= 4 is 11.9 Å². The van der Waals surface area contributed by atoms with Gasteiger partial charge in [0.1, 0.15) is 16.9 Å². The second-order valence-electron chi connectivity index (χ2n) is 3.69. The number of carboxylic acid groups (broad SMARTS) is 1. The van der Waals surface area contributed by atoms with Gasteiger partial charge in [0.15, 0.2) is 5.75 Å². The highest BCUT2D eigenvalue weighted by Crippen LogP contribution is 2.22. The molecule has 0 heterocycles. The zero-order chi connectivity index (χ0) is 13.8. The van der Waals surface area contributed by atoms with Gasteiger partial charge in [-0.15, -0.1) is 0 Å². The summed E-state index contributed by atoms with van der Waals surface area (Å²) in [6.45, 7) is 0. The van der Waals surface area contributed by atoms with E-state index in [1.54, 1.807) is 0 Å². The molecule has 19 heavy (non-hydrogen) atoms. The molecule has 1 N–H and O–H groups in total. The molecule has 0 saturated heterocycles. The highest BCUT2D eigenvalue weighted by atomic mass is 16.5. The van der Waals surface area contributed by atoms with Crippen molar-refractivity contribution in [2.75, 3.05) is 0 Å². The van der Waals surface area contributed by atoms with Crippen molar-refractivity contribution in [3.63, 3.8) is 0 Å². The van der Waals surface area contributed by atoms with Crippen LogP contribution in [-0.2, 0) is 5.11 Å². The fourth-order valence-electron chi connectivity index (χ4n) is 1.52. The number of esters is 1. The van der Waals surface area contributed by atoms with E-state index in [9.17, 15) is 14.7 Å². The Morgan fingerprint density at radius 2 is 1.47 bits per heavy atom. The van der Waals surface area contributed by atoms with Gasteiger partial charge in [-0.05, 0) is 24.3 Å². The van der Waals surface area contributed by atoms with Gasteiger partial charge in [-0.1, -0.05) is 24.3 Å². The van der Waals surface area contributed by atoms with Crippen LogP contribution in [0, 0.1) is 0 Å². The first-order chi connectivity index (χ1) is 9.09. The maximum absolute atomic E-state index is 11.8. The number of para-hydroxylation sites is 2. The Balaban J connectivity index is 2.30. The molecule has 0 atom stereocenters. The molecule has 5 heteroatoms. The SMILES string of the molecule is [O]c1ccccc1C(=O)Oc1ccccc1C(=O)O. The molecule has 0 aliphatic carbocycles. The van der Waals surface area contributed by atoms with Crippen molar-refractivity contribution in [3.05, 3.63) is 59.7 Å². The van der Waals surface area contributed by atoms with Gasteiger partial charge in [-0.3, -0.25) is 5.11 Å². The predicted molar refractivity (Wildman–Crippen MR) is 64.9 cm³/mol. The number of carbonyl (C=O) groups excluding carboxylic acids is 1. The van der Waals surface area contributed by atoms with Crippen molar-refractivity contribution < 1.29 is 24.5 Å². The minimum atomic E-state index is -1.21. The minimum absolute atomic E-state index is 0.0942. The van der Waals surface area contributed by atoms with Crippen LogP contribution in [0.25, 0.3) is 0 Å². The summed E-state index contributed by atoms with van der Waals surface area (Å²) in [7, 11) is 0. The molecular weight excluding hydrogens is 248 g/mol. The fourth-order valence-corrected chi connectivity index (χ4v) is 1.52. The number of hydrogen-bond donors (Lipinski definition) is 1. The van der Waals surface area contributed by atoms with Gasteiger partial charge in [0.2, 0.25) is 0 Å². The highest BCUT2D eigenvalue weighted by molar-refractivity contribution is 5.96. The number of aromatic carboxylic acids is 1. The van der Waals surface area contributed by atoms with Gasteiger partial charge >= 0.3 is 11.9 Å². The van der Waals surface area contributed by atoms with Crippen molar-refractivity contribution in [1.82, 2.24) is 0 Å². The lowest BCUT2D eigenvalue weighted by Gasteiger charge is -2.07. The van der Waals surface area contributed by atoms with Crippen LogP contribution in [0.1, 0.15) is 20.7 Å². The van der Waals surface area contributed by atoms with Gasteiger partial charge in [0.25, 0.3) is 0 Å². The molecule has 5 nitrogen and oxygen atoms in total. The summed E-state index contributed by atoms with van der Waals surface area (Å²) in [6, 6.07) is 11.3. The maximum atomic E-state index is 11.8. The van der Waals surface area contributed by atoms with E-state index in [1.807, 2.05) is 0 Å². The average molecular weight is 257 g/mol. The van der Waals surface area contributed by atoms with Gasteiger partial charge in [0.05, 0.1) is 0 Å². The van der Waals surface area contributed by atoms with E-state index >= 15 is 0 Å². The van der Waals surface area contributed by atoms with Crippen LogP contribution in [0.2, 0.25) is 0 Å². The molecular formula is C14H9O5. The largest absolute Gasteiger partial charge is 0.478 e. The van der Waals surface area contributed by atoms with Crippen LogP contribution in [-0.4, -0.2) is 17.0 Å². The molecule has 95 valence electrons. The molecule has 0 unspecified atom stereocenters. The third kappa shape index (κ3) is 2.71. The smallest absolute Gasteiger partial charge is 0.347 e. The topological polar surface area (TPSA) is 83.5 Å². The van der Waals surface area contributed by atoms with Gasteiger partial charge in [-0.25, -0.2) is 9.59 Å². The van der Waals surface area contributed by atoms with Crippen molar-refractivity contribution in [1.29, 1.82) is 0 Å². The molecule has 0 aliphatic rings. The van der Waals surface area contributed by atoms with Gasteiger partial charge < -0.3 is 9.84 Å². The number of carboxylic acids is 1. The first-order valence-corrected chi connectivity index (χ1v) is 5.40. The zero-order valence-electron chi connectivity index (χ0n) is 9.70. The van der Waals surface area contributed by atoms with Crippen LogP contribution in [0.3, 0.4) is 0 Å². The lowest BCUT2D eigenvalue weighted by Crippen LogP contribution is -2.11. The molecule has 0 spiro atoms. The van der Waals surface area contributed by atoms with Crippen LogP contribution in [0.5, 0.6) is 11.5 Å². The van der Waals surface area contributed by atoms with E-state index in [4.69, 9.17) is 9.84 Å². The third-order valence-corrected chi connectivity index (χ3v) is 2.43. The Hall–Kier alpha value is -2.82. The second-order valence-corrected chi connectivity index (χ2v) is 3.69. The number of benzene rings is 2.